The summed E-state index contributed by atoms with van der Waals surface area (Å²) in [6.07, 6.45) is 0.466. The first-order valence-corrected chi connectivity index (χ1v) is 9.34. The molecule has 0 spiro atoms. The molecule has 0 radical (unpaired) electrons. The van der Waals surface area contributed by atoms with Crippen molar-refractivity contribution in [1.29, 1.82) is 0 Å². The van der Waals surface area contributed by atoms with E-state index in [4.69, 9.17) is 14.2 Å². The van der Waals surface area contributed by atoms with Gasteiger partial charge in [-0.05, 0) is 6.92 Å². The van der Waals surface area contributed by atoms with Crippen LogP contribution in [-0.2, 0) is 28.6 Å². The van der Waals surface area contributed by atoms with Crippen LogP contribution < -0.4 is 0 Å². The zero-order valence-corrected chi connectivity index (χ0v) is 15.6. The topological polar surface area (TPSA) is 78.9 Å². The summed E-state index contributed by atoms with van der Waals surface area (Å²) < 4.78 is 15.7. The summed E-state index contributed by atoms with van der Waals surface area (Å²) in [4.78, 5) is 34.2. The molecular formula is C17H26O6S. The molecule has 2 saturated heterocycles. The quantitative estimate of drug-likeness (QED) is 0.393. The van der Waals surface area contributed by atoms with Crippen molar-refractivity contribution in [2.24, 2.45) is 11.8 Å². The predicted octanol–water partition coefficient (Wildman–Crippen LogP) is 2.71. The highest BCUT2D eigenvalue weighted by Crippen LogP contribution is 2.47. The summed E-state index contributed by atoms with van der Waals surface area (Å²) in [5.41, 5.74) is 0.371. The largest absolute Gasteiger partial charge is 0.461 e. The van der Waals surface area contributed by atoms with Gasteiger partial charge in [0.1, 0.15) is 6.61 Å². The summed E-state index contributed by atoms with van der Waals surface area (Å²) in [5, 5.41) is 0. The fourth-order valence-electron chi connectivity index (χ4n) is 2.68. The lowest BCUT2D eigenvalue weighted by Gasteiger charge is -2.31. The number of hydrogen-bond acceptors (Lipinski definition) is 7. The molecule has 2 aliphatic heterocycles. The lowest BCUT2D eigenvalue weighted by Crippen LogP contribution is -2.42. The first kappa shape index (κ1) is 20.5. The molecule has 0 bridgehead atoms. The summed E-state index contributed by atoms with van der Waals surface area (Å²) in [6.45, 7) is 11.3. The van der Waals surface area contributed by atoms with Gasteiger partial charge in [0, 0.05) is 23.0 Å². The highest BCUT2D eigenvalue weighted by atomic mass is 32.2. The van der Waals surface area contributed by atoms with Gasteiger partial charge in [0.25, 0.3) is 5.79 Å². The Hall–Kier alpha value is -1.50. The minimum absolute atomic E-state index is 0.114. The first-order chi connectivity index (χ1) is 11.3. The molecule has 1 unspecified atom stereocenters. The Morgan fingerprint density at radius 3 is 2.38 bits per heavy atom. The number of rotatable bonds is 7. The molecule has 24 heavy (non-hydrogen) atoms. The van der Waals surface area contributed by atoms with E-state index in [1.54, 1.807) is 18.7 Å². The zero-order valence-electron chi connectivity index (χ0n) is 14.8. The third-order valence-corrected chi connectivity index (χ3v) is 5.00. The van der Waals surface area contributed by atoms with Gasteiger partial charge in [-0.15, -0.1) is 0 Å². The van der Waals surface area contributed by atoms with Crippen molar-refractivity contribution < 1.29 is 28.6 Å². The molecule has 0 saturated carbocycles. The molecule has 0 N–H and O–H groups in total. The van der Waals surface area contributed by atoms with Crippen LogP contribution in [-0.4, -0.2) is 41.8 Å². The molecule has 7 heteroatoms. The van der Waals surface area contributed by atoms with E-state index in [9.17, 15) is 14.4 Å². The molecule has 1 atom stereocenters. The van der Waals surface area contributed by atoms with Crippen LogP contribution >= 0.6 is 11.8 Å². The maximum atomic E-state index is 11.5. The van der Waals surface area contributed by atoms with Crippen molar-refractivity contribution in [3.05, 3.63) is 12.2 Å². The van der Waals surface area contributed by atoms with Crippen LogP contribution in [0.15, 0.2) is 12.2 Å². The van der Waals surface area contributed by atoms with E-state index in [2.05, 4.69) is 6.58 Å². The van der Waals surface area contributed by atoms with Crippen molar-refractivity contribution in [1.82, 2.24) is 0 Å². The summed E-state index contributed by atoms with van der Waals surface area (Å²) >= 11 is 1.56. The van der Waals surface area contributed by atoms with Gasteiger partial charge >= 0.3 is 17.9 Å². The van der Waals surface area contributed by atoms with E-state index in [1.165, 1.54) is 0 Å². The van der Waals surface area contributed by atoms with Gasteiger partial charge < -0.3 is 14.2 Å². The lowest BCUT2D eigenvalue weighted by molar-refractivity contribution is -0.220. The minimum Gasteiger partial charge on any atom is -0.461 e. The zero-order chi connectivity index (χ0) is 18.3. The third kappa shape index (κ3) is 4.75. The third-order valence-electron chi connectivity index (χ3n) is 3.81. The van der Waals surface area contributed by atoms with E-state index in [1.807, 2.05) is 20.8 Å². The molecule has 0 aromatic rings. The van der Waals surface area contributed by atoms with Crippen LogP contribution in [0.3, 0.4) is 0 Å². The Kier molecular flexibility index (Phi) is 7.79. The van der Waals surface area contributed by atoms with E-state index in [0.717, 1.165) is 0 Å². The van der Waals surface area contributed by atoms with Gasteiger partial charge in [0.05, 0.1) is 18.8 Å². The molecule has 2 fully saturated rings. The van der Waals surface area contributed by atoms with Crippen LogP contribution in [0.4, 0.5) is 0 Å². The molecule has 2 aliphatic rings. The fraction of sp³-hybridized carbons (Fsp3) is 0.706. The molecule has 0 aromatic carbocycles. The standard InChI is InChI=1S/C15H20O6S.C2H6/c1-9(2)14(18)19-4-5-22-8-10(3)15-11(6-12(16)20-15)7-13(17)21-15;1-2/h10-11H,1,4-8H2,2-3H3;1-2H3. The molecule has 6 nitrogen and oxygen atoms in total. The van der Waals surface area contributed by atoms with Gasteiger partial charge in [-0.1, -0.05) is 27.4 Å². The van der Waals surface area contributed by atoms with Crippen molar-refractivity contribution in [2.75, 3.05) is 18.1 Å². The number of thioether (sulfide) groups is 1. The predicted molar refractivity (Wildman–Crippen MR) is 91.2 cm³/mol. The van der Waals surface area contributed by atoms with Gasteiger partial charge in [-0.3, -0.25) is 9.59 Å². The Morgan fingerprint density at radius 2 is 1.88 bits per heavy atom. The van der Waals surface area contributed by atoms with E-state index < -0.39 is 11.8 Å². The van der Waals surface area contributed by atoms with E-state index in [0.29, 0.717) is 23.7 Å². The van der Waals surface area contributed by atoms with Crippen molar-refractivity contribution in [2.45, 2.75) is 46.3 Å². The maximum Gasteiger partial charge on any atom is 0.333 e. The SMILES string of the molecule is C=C(C)C(=O)OCCSCC(C)C12OC(=O)CC1CC(=O)O2.CC. The Balaban J connectivity index is 0.00000139. The highest BCUT2D eigenvalue weighted by Gasteiger charge is 2.60. The normalized spacial score (nSPS) is 25.8. The number of ether oxygens (including phenoxy) is 3. The van der Waals surface area contributed by atoms with Gasteiger partial charge in [0.15, 0.2) is 0 Å². The van der Waals surface area contributed by atoms with Gasteiger partial charge in [-0.25, -0.2) is 4.79 Å². The molecule has 0 aromatic heterocycles. The second-order valence-corrected chi connectivity index (χ2v) is 6.82. The first-order valence-electron chi connectivity index (χ1n) is 8.19. The van der Waals surface area contributed by atoms with Crippen molar-refractivity contribution >= 4 is 29.7 Å². The van der Waals surface area contributed by atoms with Gasteiger partial charge in [0.2, 0.25) is 0 Å². The fourth-order valence-corrected chi connectivity index (χ4v) is 3.64. The Labute approximate surface area is 147 Å². The molecule has 2 rings (SSSR count). The molecule has 0 aliphatic carbocycles. The summed E-state index contributed by atoms with van der Waals surface area (Å²) in [6, 6.07) is 0. The molecular weight excluding hydrogens is 332 g/mol. The number of carbonyl (C=O) groups excluding carboxylic acids is 3. The second-order valence-electron chi connectivity index (χ2n) is 5.67. The number of hydrogen-bond donors (Lipinski definition) is 0. The summed E-state index contributed by atoms with van der Waals surface area (Å²) in [7, 11) is 0. The average Bonchev–Trinajstić information content (AvgIpc) is 3.00. The van der Waals surface area contributed by atoms with Crippen LogP contribution in [0.2, 0.25) is 0 Å². The smallest absolute Gasteiger partial charge is 0.333 e. The monoisotopic (exact) mass is 358 g/mol. The van der Waals surface area contributed by atoms with E-state index >= 15 is 0 Å². The van der Waals surface area contributed by atoms with Crippen LogP contribution in [0.5, 0.6) is 0 Å². The Bertz CT molecular complexity index is 481. The number of carbonyl (C=O) groups is 3. The molecule has 136 valence electrons. The van der Waals surface area contributed by atoms with Crippen molar-refractivity contribution in [3.8, 4) is 0 Å². The maximum absolute atomic E-state index is 11.5. The van der Waals surface area contributed by atoms with E-state index in [-0.39, 0.29) is 36.6 Å². The van der Waals surface area contributed by atoms with Gasteiger partial charge in [-0.2, -0.15) is 11.8 Å². The highest BCUT2D eigenvalue weighted by molar-refractivity contribution is 7.99. The number of esters is 3. The van der Waals surface area contributed by atoms with Crippen LogP contribution in [0.1, 0.15) is 40.5 Å². The molecule has 0 amide bonds. The van der Waals surface area contributed by atoms with Crippen molar-refractivity contribution in [3.63, 3.8) is 0 Å². The Morgan fingerprint density at radius 1 is 1.33 bits per heavy atom. The summed E-state index contributed by atoms with van der Waals surface area (Å²) in [5.74, 6) is -1.18. The lowest BCUT2D eigenvalue weighted by atomic mass is 9.89. The molecule has 2 heterocycles. The number of fused-ring (bicyclic) bond motifs is 1. The average molecular weight is 358 g/mol. The van der Waals surface area contributed by atoms with Crippen LogP contribution in [0.25, 0.3) is 0 Å². The second kappa shape index (κ2) is 9.11. The minimum atomic E-state index is -1.10. The van der Waals surface area contributed by atoms with Crippen LogP contribution in [0, 0.1) is 11.8 Å².